The minimum absolute atomic E-state index is 0.157. The van der Waals surface area contributed by atoms with E-state index in [0.29, 0.717) is 0 Å². The lowest BCUT2D eigenvalue weighted by Gasteiger charge is -2.50. The van der Waals surface area contributed by atoms with Crippen molar-refractivity contribution in [3.8, 4) is 0 Å². The van der Waals surface area contributed by atoms with Gasteiger partial charge >= 0.3 is 0 Å². The third-order valence-corrected chi connectivity index (χ3v) is 6.20. The Bertz CT molecular complexity index is 209. The molecule has 1 atom stereocenters. The first-order valence-electron chi connectivity index (χ1n) is 5.71. The van der Waals surface area contributed by atoms with E-state index >= 15 is 0 Å². The second kappa shape index (κ2) is 4.86. The highest BCUT2D eigenvalue weighted by Gasteiger charge is 2.50. The van der Waals surface area contributed by atoms with Crippen molar-refractivity contribution in [1.82, 2.24) is 0 Å². The maximum atomic E-state index is 10.8. The molecule has 0 aromatic rings. The molecule has 2 N–H and O–H groups in total. The number of aliphatic hydroxyl groups is 2. The molecule has 0 saturated carbocycles. The minimum atomic E-state index is -0.606. The molecule has 2 aliphatic rings. The first kappa shape index (κ1) is 12.1. The maximum Gasteiger partial charge on any atom is 0.0816 e. The van der Waals surface area contributed by atoms with Crippen LogP contribution in [0.3, 0.4) is 0 Å². The van der Waals surface area contributed by atoms with Gasteiger partial charge in [0.25, 0.3) is 0 Å². The average Bonchev–Trinajstić information content (AvgIpc) is 2.31. The van der Waals surface area contributed by atoms with Gasteiger partial charge in [0.05, 0.1) is 12.2 Å². The maximum absolute atomic E-state index is 10.8. The Balaban J connectivity index is 2.15. The Morgan fingerprint density at radius 3 is 2.27 bits per heavy atom. The number of hydrogen-bond donors (Lipinski definition) is 2. The molecule has 0 bridgehead atoms. The van der Waals surface area contributed by atoms with Crippen LogP contribution >= 0.6 is 23.5 Å². The Morgan fingerprint density at radius 1 is 1.00 bits per heavy atom. The van der Waals surface area contributed by atoms with Gasteiger partial charge in [0, 0.05) is 11.2 Å². The van der Waals surface area contributed by atoms with E-state index in [0.717, 1.165) is 42.9 Å². The highest BCUT2D eigenvalue weighted by Crippen LogP contribution is 2.48. The average molecular weight is 248 g/mol. The molecule has 0 spiro atoms. The van der Waals surface area contributed by atoms with E-state index in [9.17, 15) is 10.2 Å². The molecule has 0 aromatic carbocycles. The summed E-state index contributed by atoms with van der Waals surface area (Å²) in [4.78, 5) is 0. The fourth-order valence-corrected chi connectivity index (χ4v) is 5.29. The molecule has 0 aromatic heterocycles. The van der Waals surface area contributed by atoms with Crippen LogP contribution in [0.1, 0.15) is 25.7 Å². The van der Waals surface area contributed by atoms with Gasteiger partial charge in [-0.25, -0.2) is 0 Å². The standard InChI is InChI=1S/C11H20O2S2/c12-8-10(3-6-14-7-4-10)11(13)2-1-5-15-9-11/h12-13H,1-9H2. The van der Waals surface area contributed by atoms with Crippen LogP contribution in [-0.2, 0) is 0 Å². The first-order chi connectivity index (χ1) is 7.22. The smallest absolute Gasteiger partial charge is 0.0816 e. The van der Waals surface area contributed by atoms with Gasteiger partial charge in [0.1, 0.15) is 0 Å². The molecule has 1 unspecified atom stereocenters. The van der Waals surface area contributed by atoms with Crippen LogP contribution in [0.15, 0.2) is 0 Å². The summed E-state index contributed by atoms with van der Waals surface area (Å²) in [6, 6.07) is 0. The van der Waals surface area contributed by atoms with E-state index in [2.05, 4.69) is 0 Å². The van der Waals surface area contributed by atoms with E-state index in [-0.39, 0.29) is 12.0 Å². The van der Waals surface area contributed by atoms with E-state index in [4.69, 9.17) is 0 Å². The lowest BCUT2D eigenvalue weighted by molar-refractivity contribution is -0.105. The van der Waals surface area contributed by atoms with Crippen molar-refractivity contribution in [1.29, 1.82) is 0 Å². The zero-order valence-electron chi connectivity index (χ0n) is 9.07. The van der Waals surface area contributed by atoms with Crippen LogP contribution in [0.2, 0.25) is 0 Å². The second-order valence-corrected chi connectivity index (χ2v) is 7.07. The Hall–Kier alpha value is 0.620. The van der Waals surface area contributed by atoms with Gasteiger partial charge in [-0.2, -0.15) is 23.5 Å². The summed E-state index contributed by atoms with van der Waals surface area (Å²) < 4.78 is 0. The Morgan fingerprint density at radius 2 is 1.73 bits per heavy atom. The van der Waals surface area contributed by atoms with Crippen LogP contribution in [0.5, 0.6) is 0 Å². The molecule has 2 rings (SSSR count). The number of thioether (sulfide) groups is 2. The van der Waals surface area contributed by atoms with E-state index < -0.39 is 5.60 Å². The summed E-state index contributed by atoms with van der Waals surface area (Å²) in [6.07, 6.45) is 3.93. The molecule has 0 radical (unpaired) electrons. The fraction of sp³-hybridized carbons (Fsp3) is 1.00. The fourth-order valence-electron chi connectivity index (χ4n) is 2.73. The molecular formula is C11H20O2S2. The van der Waals surface area contributed by atoms with Crippen molar-refractivity contribution >= 4 is 23.5 Å². The first-order valence-corrected chi connectivity index (χ1v) is 8.02. The molecular weight excluding hydrogens is 228 g/mol. The third-order valence-electron chi connectivity index (χ3n) is 3.96. The molecule has 2 fully saturated rings. The molecule has 15 heavy (non-hydrogen) atoms. The topological polar surface area (TPSA) is 40.5 Å². The number of hydrogen-bond acceptors (Lipinski definition) is 4. The van der Waals surface area contributed by atoms with Gasteiger partial charge < -0.3 is 10.2 Å². The van der Waals surface area contributed by atoms with Gasteiger partial charge in [0.15, 0.2) is 0 Å². The van der Waals surface area contributed by atoms with E-state index in [1.165, 1.54) is 5.75 Å². The van der Waals surface area contributed by atoms with Gasteiger partial charge in [-0.05, 0) is 42.9 Å². The molecule has 2 heterocycles. The van der Waals surface area contributed by atoms with Crippen LogP contribution in [0.4, 0.5) is 0 Å². The van der Waals surface area contributed by atoms with Gasteiger partial charge in [0.2, 0.25) is 0 Å². The van der Waals surface area contributed by atoms with Crippen molar-refractivity contribution in [2.45, 2.75) is 31.3 Å². The van der Waals surface area contributed by atoms with Crippen molar-refractivity contribution in [3.05, 3.63) is 0 Å². The van der Waals surface area contributed by atoms with Crippen LogP contribution in [-0.4, -0.2) is 45.4 Å². The number of aliphatic hydroxyl groups excluding tert-OH is 1. The molecule has 0 amide bonds. The van der Waals surface area contributed by atoms with E-state index in [1.54, 1.807) is 0 Å². The summed E-state index contributed by atoms with van der Waals surface area (Å²) in [7, 11) is 0. The van der Waals surface area contributed by atoms with Crippen molar-refractivity contribution < 1.29 is 10.2 Å². The highest BCUT2D eigenvalue weighted by molar-refractivity contribution is 7.99. The van der Waals surface area contributed by atoms with Crippen molar-refractivity contribution in [3.63, 3.8) is 0 Å². The molecule has 0 aliphatic carbocycles. The Kier molecular flexibility index (Phi) is 3.92. The zero-order valence-corrected chi connectivity index (χ0v) is 10.7. The molecule has 2 aliphatic heterocycles. The molecule has 2 saturated heterocycles. The summed E-state index contributed by atoms with van der Waals surface area (Å²) in [5.74, 6) is 4.16. The van der Waals surface area contributed by atoms with E-state index in [1.807, 2.05) is 23.5 Å². The van der Waals surface area contributed by atoms with Crippen molar-refractivity contribution in [2.24, 2.45) is 5.41 Å². The Labute approximate surface area is 100 Å². The van der Waals surface area contributed by atoms with Crippen LogP contribution < -0.4 is 0 Å². The molecule has 2 nitrogen and oxygen atoms in total. The SMILES string of the molecule is OCC1(C2(O)CCCSC2)CCSCC1. The summed E-state index contributed by atoms with van der Waals surface area (Å²) in [5.41, 5.74) is -0.808. The van der Waals surface area contributed by atoms with Crippen LogP contribution in [0.25, 0.3) is 0 Å². The lowest BCUT2D eigenvalue weighted by Crippen LogP contribution is -2.55. The third kappa shape index (κ3) is 2.19. The van der Waals surface area contributed by atoms with Gasteiger partial charge in [-0.15, -0.1) is 0 Å². The predicted molar refractivity (Wildman–Crippen MR) is 67.6 cm³/mol. The predicted octanol–water partition coefficient (Wildman–Crippen LogP) is 1.75. The summed E-state index contributed by atoms with van der Waals surface area (Å²) in [5, 5.41) is 20.4. The minimum Gasteiger partial charge on any atom is -0.396 e. The zero-order chi connectivity index (χ0) is 10.8. The quantitative estimate of drug-likeness (QED) is 0.781. The number of rotatable bonds is 2. The van der Waals surface area contributed by atoms with Crippen LogP contribution in [0, 0.1) is 5.41 Å². The van der Waals surface area contributed by atoms with Gasteiger partial charge in [-0.3, -0.25) is 0 Å². The second-order valence-electron chi connectivity index (χ2n) is 4.74. The highest BCUT2D eigenvalue weighted by atomic mass is 32.2. The molecule has 4 heteroatoms. The lowest BCUT2D eigenvalue weighted by atomic mass is 9.67. The normalized spacial score (nSPS) is 36.4. The van der Waals surface area contributed by atoms with Gasteiger partial charge in [-0.1, -0.05) is 0 Å². The summed E-state index contributed by atoms with van der Waals surface area (Å²) in [6.45, 7) is 0.157. The molecule has 88 valence electrons. The largest absolute Gasteiger partial charge is 0.396 e. The van der Waals surface area contributed by atoms with Crippen molar-refractivity contribution in [2.75, 3.05) is 29.6 Å². The summed E-state index contributed by atoms with van der Waals surface area (Å²) >= 11 is 3.79. The monoisotopic (exact) mass is 248 g/mol.